The largest absolute Gasteiger partial charge is 0.310 e. The van der Waals surface area contributed by atoms with Crippen molar-refractivity contribution < 1.29 is 4.39 Å². The summed E-state index contributed by atoms with van der Waals surface area (Å²) in [7, 11) is 0. The topological polar surface area (TPSA) is 12.0 Å². The van der Waals surface area contributed by atoms with Crippen LogP contribution in [0.5, 0.6) is 0 Å². The van der Waals surface area contributed by atoms with Crippen molar-refractivity contribution in [2.75, 3.05) is 6.54 Å². The van der Waals surface area contributed by atoms with Crippen LogP contribution < -0.4 is 5.32 Å². The maximum Gasteiger partial charge on any atom is 0.123 e. The lowest BCUT2D eigenvalue weighted by Gasteiger charge is -2.18. The molecule has 0 amide bonds. The predicted octanol–water partition coefficient (Wildman–Crippen LogP) is 4.93. The Bertz CT molecular complexity index is 526. The van der Waals surface area contributed by atoms with Crippen molar-refractivity contribution >= 4 is 27.3 Å². The molecule has 1 aromatic carbocycles. The zero-order valence-corrected chi connectivity index (χ0v) is 13.2. The first kappa shape index (κ1) is 14.7. The van der Waals surface area contributed by atoms with E-state index in [4.69, 9.17) is 0 Å². The molecule has 19 heavy (non-hydrogen) atoms. The van der Waals surface area contributed by atoms with Gasteiger partial charge in [0.25, 0.3) is 0 Å². The normalized spacial score (nSPS) is 12.6. The van der Waals surface area contributed by atoms with Crippen molar-refractivity contribution in [3.05, 3.63) is 56.4 Å². The van der Waals surface area contributed by atoms with Gasteiger partial charge in [0.1, 0.15) is 5.82 Å². The Kier molecular flexibility index (Phi) is 5.55. The summed E-state index contributed by atoms with van der Waals surface area (Å²) in [6.45, 7) is 3.07. The van der Waals surface area contributed by atoms with Gasteiger partial charge in [-0.3, -0.25) is 0 Å². The van der Waals surface area contributed by atoms with E-state index in [1.807, 2.05) is 6.07 Å². The Balaban J connectivity index is 2.15. The first-order valence-electron chi connectivity index (χ1n) is 6.40. The molecule has 2 rings (SSSR count). The van der Waals surface area contributed by atoms with E-state index < -0.39 is 0 Å². The Morgan fingerprint density at radius 3 is 2.84 bits per heavy atom. The molecule has 1 heterocycles. The summed E-state index contributed by atoms with van der Waals surface area (Å²) in [4.78, 5) is 1.30. The Morgan fingerprint density at radius 2 is 2.21 bits per heavy atom. The monoisotopic (exact) mass is 341 g/mol. The molecule has 1 atom stereocenters. The fourth-order valence-corrected chi connectivity index (χ4v) is 3.51. The van der Waals surface area contributed by atoms with Crippen molar-refractivity contribution in [1.29, 1.82) is 0 Å². The highest BCUT2D eigenvalue weighted by Crippen LogP contribution is 2.26. The van der Waals surface area contributed by atoms with Gasteiger partial charge >= 0.3 is 0 Å². The third-order valence-electron chi connectivity index (χ3n) is 2.92. The van der Waals surface area contributed by atoms with Crippen LogP contribution in [0.3, 0.4) is 0 Å². The van der Waals surface area contributed by atoms with Crippen LogP contribution in [-0.4, -0.2) is 6.54 Å². The number of thiophene rings is 1. The summed E-state index contributed by atoms with van der Waals surface area (Å²) in [6, 6.07) is 9.17. The molecular weight excluding hydrogens is 325 g/mol. The molecule has 4 heteroatoms. The van der Waals surface area contributed by atoms with Crippen LogP contribution >= 0.6 is 27.3 Å². The molecule has 102 valence electrons. The number of hydrogen-bond donors (Lipinski definition) is 1. The average molecular weight is 342 g/mol. The number of rotatable bonds is 6. The first-order chi connectivity index (χ1) is 9.19. The molecule has 0 bridgehead atoms. The summed E-state index contributed by atoms with van der Waals surface area (Å²) in [5.74, 6) is -0.173. The highest BCUT2D eigenvalue weighted by molar-refractivity contribution is 9.10. The van der Waals surface area contributed by atoms with Gasteiger partial charge in [-0.15, -0.1) is 11.3 Å². The summed E-state index contributed by atoms with van der Waals surface area (Å²) in [5, 5.41) is 5.58. The number of halogens is 2. The molecule has 1 nitrogen and oxygen atoms in total. The lowest BCUT2D eigenvalue weighted by Crippen LogP contribution is -2.23. The van der Waals surface area contributed by atoms with Crippen LogP contribution in [0.15, 0.2) is 40.2 Å². The van der Waals surface area contributed by atoms with Gasteiger partial charge in [-0.2, -0.15) is 0 Å². The Hall–Kier alpha value is -0.710. The van der Waals surface area contributed by atoms with Crippen molar-refractivity contribution in [1.82, 2.24) is 5.32 Å². The van der Waals surface area contributed by atoms with Gasteiger partial charge in [-0.25, -0.2) is 4.39 Å². The van der Waals surface area contributed by atoms with E-state index in [-0.39, 0.29) is 11.9 Å². The summed E-state index contributed by atoms with van der Waals surface area (Å²) < 4.78 is 14.5. The molecule has 1 unspecified atom stereocenters. The number of nitrogens with one attached hydrogen (secondary N) is 1. The third-order valence-corrected chi connectivity index (χ3v) is 4.64. The van der Waals surface area contributed by atoms with E-state index in [9.17, 15) is 4.39 Å². The fourth-order valence-electron chi connectivity index (χ4n) is 2.01. The highest BCUT2D eigenvalue weighted by atomic mass is 79.9. The van der Waals surface area contributed by atoms with Crippen LogP contribution in [0, 0.1) is 5.82 Å². The van der Waals surface area contributed by atoms with Crippen LogP contribution in [0.2, 0.25) is 0 Å². The molecule has 0 saturated carbocycles. The number of benzene rings is 1. The standard InChI is InChI=1S/C15H17BrFNS/c1-2-6-18-15(9-14-8-12(16)10-19-14)11-4-3-5-13(17)7-11/h3-5,7-8,10,15,18H,2,6,9H2,1H3. The van der Waals surface area contributed by atoms with Crippen LogP contribution in [0.25, 0.3) is 0 Å². The molecule has 0 spiro atoms. The molecule has 0 aliphatic heterocycles. The molecular formula is C15H17BrFNS. The zero-order chi connectivity index (χ0) is 13.7. The van der Waals surface area contributed by atoms with Gasteiger partial charge in [0.15, 0.2) is 0 Å². The average Bonchev–Trinajstić information content (AvgIpc) is 2.80. The molecule has 0 saturated heterocycles. The second-order valence-corrected chi connectivity index (χ2v) is 6.41. The smallest absolute Gasteiger partial charge is 0.123 e. The third kappa shape index (κ3) is 4.41. The Labute approximate surface area is 126 Å². The quantitative estimate of drug-likeness (QED) is 0.785. The van der Waals surface area contributed by atoms with Crippen molar-refractivity contribution in [3.8, 4) is 0 Å². The zero-order valence-electron chi connectivity index (χ0n) is 10.8. The van der Waals surface area contributed by atoms with Crippen LogP contribution in [0.1, 0.15) is 29.8 Å². The second-order valence-electron chi connectivity index (χ2n) is 4.50. The molecule has 0 aliphatic rings. The maximum atomic E-state index is 13.4. The van der Waals surface area contributed by atoms with Crippen molar-refractivity contribution in [2.24, 2.45) is 0 Å². The van der Waals surface area contributed by atoms with E-state index in [2.05, 4.69) is 39.6 Å². The van der Waals surface area contributed by atoms with Crippen molar-refractivity contribution in [3.63, 3.8) is 0 Å². The van der Waals surface area contributed by atoms with Crippen molar-refractivity contribution in [2.45, 2.75) is 25.8 Å². The first-order valence-corrected chi connectivity index (χ1v) is 8.08. The van der Waals surface area contributed by atoms with Crippen LogP contribution in [0.4, 0.5) is 4.39 Å². The molecule has 1 aromatic heterocycles. The van der Waals surface area contributed by atoms with Crippen LogP contribution in [-0.2, 0) is 6.42 Å². The Morgan fingerprint density at radius 1 is 1.37 bits per heavy atom. The van der Waals surface area contributed by atoms with E-state index in [0.29, 0.717) is 0 Å². The van der Waals surface area contributed by atoms with Gasteiger partial charge in [-0.1, -0.05) is 19.1 Å². The minimum absolute atomic E-state index is 0.168. The molecule has 0 aliphatic carbocycles. The van der Waals surface area contributed by atoms with E-state index in [1.165, 1.54) is 10.9 Å². The fraction of sp³-hybridized carbons (Fsp3) is 0.333. The van der Waals surface area contributed by atoms with Gasteiger partial charge in [-0.05, 0) is 52.7 Å². The SMILES string of the molecule is CCCNC(Cc1cc(Br)cs1)c1cccc(F)c1. The minimum atomic E-state index is -0.173. The minimum Gasteiger partial charge on any atom is -0.310 e. The van der Waals surface area contributed by atoms with Gasteiger partial charge in [0.05, 0.1) is 0 Å². The summed E-state index contributed by atoms with van der Waals surface area (Å²) in [5.41, 5.74) is 1.01. The molecule has 2 aromatic rings. The van der Waals surface area contributed by atoms with E-state index in [0.717, 1.165) is 29.4 Å². The van der Waals surface area contributed by atoms with Gasteiger partial charge in [0, 0.05) is 27.2 Å². The molecule has 1 N–H and O–H groups in total. The number of hydrogen-bond acceptors (Lipinski definition) is 2. The lowest BCUT2D eigenvalue weighted by atomic mass is 10.0. The highest BCUT2D eigenvalue weighted by Gasteiger charge is 2.13. The maximum absolute atomic E-state index is 13.4. The molecule has 0 radical (unpaired) electrons. The lowest BCUT2D eigenvalue weighted by molar-refractivity contribution is 0.527. The summed E-state index contributed by atoms with van der Waals surface area (Å²) >= 11 is 5.20. The van der Waals surface area contributed by atoms with Gasteiger partial charge < -0.3 is 5.32 Å². The van der Waals surface area contributed by atoms with E-state index in [1.54, 1.807) is 23.5 Å². The van der Waals surface area contributed by atoms with E-state index >= 15 is 0 Å². The summed E-state index contributed by atoms with van der Waals surface area (Å²) in [6.07, 6.45) is 1.96. The van der Waals surface area contributed by atoms with Gasteiger partial charge in [0.2, 0.25) is 0 Å². The molecule has 0 fully saturated rings. The second kappa shape index (κ2) is 7.17. The predicted molar refractivity (Wildman–Crippen MR) is 83.2 cm³/mol.